The summed E-state index contributed by atoms with van der Waals surface area (Å²) in [5.41, 5.74) is 1.60. The number of halogens is 1. The lowest BCUT2D eigenvalue weighted by Gasteiger charge is -2.20. The molecule has 0 radical (unpaired) electrons. The first-order valence-corrected chi connectivity index (χ1v) is 8.60. The predicted molar refractivity (Wildman–Crippen MR) is 101 cm³/mol. The second-order valence-corrected chi connectivity index (χ2v) is 6.33. The van der Waals surface area contributed by atoms with Gasteiger partial charge in [0.2, 0.25) is 5.91 Å². The predicted octanol–water partition coefficient (Wildman–Crippen LogP) is 3.00. The number of nitrogens with zero attached hydrogens (tertiary/aromatic N) is 2. The zero-order valence-corrected chi connectivity index (χ0v) is 14.8. The van der Waals surface area contributed by atoms with Crippen LogP contribution in [0.2, 0.25) is 5.02 Å². The second kappa shape index (κ2) is 8.45. The van der Waals surface area contributed by atoms with Gasteiger partial charge in [-0.2, -0.15) is 0 Å². The van der Waals surface area contributed by atoms with Crippen LogP contribution in [0.5, 0.6) is 0 Å². The van der Waals surface area contributed by atoms with Crippen molar-refractivity contribution in [3.8, 4) is 0 Å². The highest BCUT2D eigenvalue weighted by Gasteiger charge is 2.16. The Bertz CT molecular complexity index is 924. The topological polar surface area (TPSA) is 64.0 Å². The highest BCUT2D eigenvalue weighted by atomic mass is 35.5. The van der Waals surface area contributed by atoms with E-state index in [0.29, 0.717) is 11.4 Å². The van der Waals surface area contributed by atoms with E-state index in [2.05, 4.69) is 10.3 Å². The standard InChI is InChI=1S/C20H18ClN3O2/c21-17-9-7-15(8-10-17)13-18(16-5-2-1-3-6-16)23-19(25)14-24-12-4-11-22-20(24)26/h1-12,18H,13-14H2,(H,23,25)/t18-/m1/s1. The van der Waals surface area contributed by atoms with Crippen LogP contribution in [0.15, 0.2) is 77.9 Å². The molecule has 0 saturated carbocycles. The molecule has 26 heavy (non-hydrogen) atoms. The van der Waals surface area contributed by atoms with Gasteiger partial charge in [0.05, 0.1) is 6.04 Å². The van der Waals surface area contributed by atoms with Crippen molar-refractivity contribution in [2.24, 2.45) is 0 Å². The average molecular weight is 368 g/mol. The van der Waals surface area contributed by atoms with Gasteiger partial charge in [-0.15, -0.1) is 0 Å². The number of benzene rings is 2. The van der Waals surface area contributed by atoms with Gasteiger partial charge < -0.3 is 5.32 Å². The molecule has 0 aliphatic heterocycles. The summed E-state index contributed by atoms with van der Waals surface area (Å²) in [6.07, 6.45) is 3.57. The Morgan fingerprint density at radius 3 is 2.50 bits per heavy atom. The smallest absolute Gasteiger partial charge is 0.347 e. The Balaban J connectivity index is 1.77. The first-order chi connectivity index (χ1) is 12.6. The molecule has 0 aliphatic carbocycles. The summed E-state index contributed by atoms with van der Waals surface area (Å²) >= 11 is 5.95. The summed E-state index contributed by atoms with van der Waals surface area (Å²) in [7, 11) is 0. The molecule has 0 spiro atoms. The second-order valence-electron chi connectivity index (χ2n) is 5.89. The largest absolute Gasteiger partial charge is 0.347 e. The minimum atomic E-state index is -0.448. The molecule has 1 heterocycles. The number of hydrogen-bond donors (Lipinski definition) is 1. The Morgan fingerprint density at radius 1 is 1.08 bits per heavy atom. The fourth-order valence-corrected chi connectivity index (χ4v) is 2.82. The van der Waals surface area contributed by atoms with Crippen molar-refractivity contribution in [2.75, 3.05) is 0 Å². The third kappa shape index (κ3) is 4.80. The van der Waals surface area contributed by atoms with E-state index in [1.54, 1.807) is 12.3 Å². The van der Waals surface area contributed by atoms with Gasteiger partial charge in [-0.1, -0.05) is 54.1 Å². The Morgan fingerprint density at radius 2 is 1.81 bits per heavy atom. The molecule has 3 rings (SSSR count). The molecule has 2 aromatic carbocycles. The van der Waals surface area contributed by atoms with Crippen LogP contribution in [-0.4, -0.2) is 15.5 Å². The van der Waals surface area contributed by atoms with Gasteiger partial charge >= 0.3 is 5.69 Å². The fourth-order valence-electron chi connectivity index (χ4n) is 2.70. The molecule has 0 aliphatic rings. The summed E-state index contributed by atoms with van der Waals surface area (Å²) < 4.78 is 1.28. The summed E-state index contributed by atoms with van der Waals surface area (Å²) in [6.45, 7) is -0.0728. The number of aromatic nitrogens is 2. The highest BCUT2D eigenvalue weighted by Crippen LogP contribution is 2.20. The molecule has 1 atom stereocenters. The molecule has 1 N–H and O–H groups in total. The monoisotopic (exact) mass is 367 g/mol. The van der Waals surface area contributed by atoms with Gasteiger partial charge in [-0.3, -0.25) is 9.36 Å². The van der Waals surface area contributed by atoms with Crippen molar-refractivity contribution in [2.45, 2.75) is 19.0 Å². The molecule has 3 aromatic rings. The van der Waals surface area contributed by atoms with Crippen LogP contribution in [0.4, 0.5) is 0 Å². The van der Waals surface area contributed by atoms with Crippen molar-refractivity contribution >= 4 is 17.5 Å². The van der Waals surface area contributed by atoms with E-state index in [-0.39, 0.29) is 18.5 Å². The molecule has 6 heteroatoms. The van der Waals surface area contributed by atoms with E-state index in [0.717, 1.165) is 11.1 Å². The van der Waals surface area contributed by atoms with Crippen LogP contribution in [0.25, 0.3) is 0 Å². The summed E-state index contributed by atoms with van der Waals surface area (Å²) in [4.78, 5) is 27.8. The molecule has 0 fully saturated rings. The molecular weight excluding hydrogens is 350 g/mol. The lowest BCUT2D eigenvalue weighted by atomic mass is 9.99. The summed E-state index contributed by atoms with van der Waals surface area (Å²) in [6, 6.07) is 18.7. The van der Waals surface area contributed by atoms with E-state index in [4.69, 9.17) is 11.6 Å². The van der Waals surface area contributed by atoms with Gasteiger partial charge in [0.1, 0.15) is 6.54 Å². The van der Waals surface area contributed by atoms with Crippen LogP contribution in [0.3, 0.4) is 0 Å². The zero-order valence-electron chi connectivity index (χ0n) is 14.0. The molecule has 5 nitrogen and oxygen atoms in total. The molecule has 1 aromatic heterocycles. The van der Waals surface area contributed by atoms with Crippen molar-refractivity contribution in [3.05, 3.63) is 99.7 Å². The van der Waals surface area contributed by atoms with Crippen LogP contribution < -0.4 is 11.0 Å². The maximum atomic E-state index is 12.5. The number of nitrogens with one attached hydrogen (secondary N) is 1. The lowest BCUT2D eigenvalue weighted by Crippen LogP contribution is -2.35. The zero-order chi connectivity index (χ0) is 18.4. The van der Waals surface area contributed by atoms with Gasteiger partial charge in [0.15, 0.2) is 0 Å². The summed E-state index contributed by atoms with van der Waals surface area (Å²) in [5.74, 6) is -0.247. The normalized spacial score (nSPS) is 11.7. The van der Waals surface area contributed by atoms with Crippen LogP contribution >= 0.6 is 11.6 Å². The van der Waals surface area contributed by atoms with E-state index in [1.807, 2.05) is 54.6 Å². The molecular formula is C20H18ClN3O2. The van der Waals surface area contributed by atoms with Crippen LogP contribution in [-0.2, 0) is 17.8 Å². The fraction of sp³-hybridized carbons (Fsp3) is 0.150. The van der Waals surface area contributed by atoms with Crippen molar-refractivity contribution in [3.63, 3.8) is 0 Å². The van der Waals surface area contributed by atoms with Crippen molar-refractivity contribution in [1.29, 1.82) is 0 Å². The Kier molecular flexibility index (Phi) is 5.81. The minimum absolute atomic E-state index is 0.0728. The minimum Gasteiger partial charge on any atom is -0.347 e. The van der Waals surface area contributed by atoms with E-state index < -0.39 is 5.69 Å². The lowest BCUT2D eigenvalue weighted by molar-refractivity contribution is -0.122. The number of rotatable bonds is 6. The first kappa shape index (κ1) is 17.9. The number of carbonyl (C=O) groups excluding carboxylic acids is 1. The molecule has 1 amide bonds. The van der Waals surface area contributed by atoms with Gasteiger partial charge in [0.25, 0.3) is 0 Å². The summed E-state index contributed by atoms with van der Waals surface area (Å²) in [5, 5.41) is 3.68. The number of hydrogen-bond acceptors (Lipinski definition) is 3. The van der Waals surface area contributed by atoms with Crippen LogP contribution in [0.1, 0.15) is 17.2 Å². The van der Waals surface area contributed by atoms with Gasteiger partial charge in [-0.25, -0.2) is 9.78 Å². The maximum Gasteiger partial charge on any atom is 0.347 e. The maximum absolute atomic E-state index is 12.5. The Hall–Kier alpha value is -2.92. The van der Waals surface area contributed by atoms with Gasteiger partial charge in [0, 0.05) is 17.4 Å². The quantitative estimate of drug-likeness (QED) is 0.728. The first-order valence-electron chi connectivity index (χ1n) is 8.22. The third-order valence-corrected chi connectivity index (χ3v) is 4.24. The SMILES string of the molecule is O=C(Cn1cccnc1=O)N[C@H](Cc1ccc(Cl)cc1)c1ccccc1. The van der Waals surface area contributed by atoms with Crippen LogP contribution in [0, 0.1) is 0 Å². The average Bonchev–Trinajstić information content (AvgIpc) is 2.65. The molecule has 0 unspecified atom stereocenters. The van der Waals surface area contributed by atoms with Gasteiger partial charge in [-0.05, 0) is 35.7 Å². The highest BCUT2D eigenvalue weighted by molar-refractivity contribution is 6.30. The van der Waals surface area contributed by atoms with E-state index >= 15 is 0 Å². The number of amides is 1. The Labute approximate surface area is 156 Å². The molecule has 0 bridgehead atoms. The van der Waals surface area contributed by atoms with Crippen molar-refractivity contribution < 1.29 is 4.79 Å². The number of carbonyl (C=O) groups is 1. The van der Waals surface area contributed by atoms with E-state index in [1.165, 1.54) is 10.8 Å². The van der Waals surface area contributed by atoms with E-state index in [9.17, 15) is 9.59 Å². The molecule has 0 saturated heterocycles. The van der Waals surface area contributed by atoms with Crippen molar-refractivity contribution in [1.82, 2.24) is 14.9 Å². The third-order valence-electron chi connectivity index (χ3n) is 3.99. The molecule has 132 valence electrons.